The molecule has 0 aromatic heterocycles. The molecule has 2 amide bonds. The first-order valence-corrected chi connectivity index (χ1v) is 13.0. The number of carbonyl (C=O) groups is 4. The van der Waals surface area contributed by atoms with Crippen molar-refractivity contribution in [1.29, 1.82) is 0 Å². The average molecular weight is 557 g/mol. The first kappa shape index (κ1) is 27.8. The first-order valence-electron chi connectivity index (χ1n) is 13.0. The average Bonchev–Trinajstić information content (AvgIpc) is 3.42. The number of phenolic OH excluding ortho intramolecular Hbond substituents is 1. The Hall–Kier alpha value is -3.78. The van der Waals surface area contributed by atoms with Gasteiger partial charge in [0.25, 0.3) is 5.91 Å². The predicted molar refractivity (Wildman–Crippen MR) is 139 cm³/mol. The first-order chi connectivity index (χ1) is 18.7. The molecular formula is C27H32N4O9. The second-order valence-corrected chi connectivity index (χ2v) is 11.1. The number of hydrogen-bond acceptors (Lipinski definition) is 11. The number of ketones is 2. The van der Waals surface area contributed by atoms with Gasteiger partial charge in [0, 0.05) is 11.5 Å². The lowest BCUT2D eigenvalue weighted by Crippen LogP contribution is -2.68. The summed E-state index contributed by atoms with van der Waals surface area (Å²) in [5.41, 5.74) is 0.870. The van der Waals surface area contributed by atoms with Gasteiger partial charge in [0.05, 0.1) is 35.4 Å². The van der Waals surface area contributed by atoms with Crippen LogP contribution in [0.3, 0.4) is 0 Å². The topological polar surface area (TPSA) is 223 Å². The van der Waals surface area contributed by atoms with Crippen LogP contribution in [0.4, 0.5) is 5.69 Å². The van der Waals surface area contributed by atoms with Crippen LogP contribution in [0.15, 0.2) is 34.8 Å². The van der Waals surface area contributed by atoms with Gasteiger partial charge in [0.2, 0.25) is 11.7 Å². The smallest absolute Gasteiger partial charge is 0.255 e. The number of rotatable bonds is 4. The quantitative estimate of drug-likeness (QED) is 0.172. The van der Waals surface area contributed by atoms with Gasteiger partial charge >= 0.3 is 0 Å². The Morgan fingerprint density at radius 2 is 1.85 bits per heavy atom. The molecule has 1 aromatic carbocycles. The highest BCUT2D eigenvalue weighted by Gasteiger charge is 2.67. The molecule has 9 N–H and O–H groups in total. The Morgan fingerprint density at radius 1 is 1.18 bits per heavy atom. The molecule has 40 heavy (non-hydrogen) atoms. The lowest BCUT2D eigenvalue weighted by Gasteiger charge is -2.53. The van der Waals surface area contributed by atoms with Crippen molar-refractivity contribution in [3.05, 3.63) is 45.9 Å². The summed E-state index contributed by atoms with van der Waals surface area (Å²) >= 11 is 0. The van der Waals surface area contributed by atoms with Gasteiger partial charge in [0.15, 0.2) is 17.1 Å². The van der Waals surface area contributed by atoms with Crippen LogP contribution in [0, 0.1) is 11.8 Å². The molecule has 1 saturated heterocycles. The van der Waals surface area contributed by atoms with Gasteiger partial charge in [-0.05, 0) is 51.0 Å². The minimum absolute atomic E-state index is 0.0465. The van der Waals surface area contributed by atoms with Crippen LogP contribution in [-0.4, -0.2) is 98.2 Å². The number of amides is 2. The van der Waals surface area contributed by atoms with Crippen LogP contribution >= 0.6 is 0 Å². The molecule has 5 rings (SSSR count). The van der Waals surface area contributed by atoms with Crippen LogP contribution < -0.4 is 16.4 Å². The number of likely N-dealkylation sites (N-methyl/N-ethyl adjacent to an activating group) is 1. The number of benzene rings is 1. The molecule has 1 aromatic rings. The van der Waals surface area contributed by atoms with Gasteiger partial charge in [0.1, 0.15) is 17.1 Å². The molecule has 1 fully saturated rings. The zero-order valence-corrected chi connectivity index (χ0v) is 22.1. The third kappa shape index (κ3) is 3.61. The number of anilines is 1. The molecular weight excluding hydrogens is 524 g/mol. The van der Waals surface area contributed by atoms with Crippen molar-refractivity contribution in [2.24, 2.45) is 17.6 Å². The van der Waals surface area contributed by atoms with E-state index in [2.05, 4.69) is 10.6 Å². The van der Waals surface area contributed by atoms with E-state index in [0.717, 1.165) is 6.42 Å². The SMILES string of the molecule is CC1c2ccc(NC(=O)[C@H]3CCCN3)c(O)c2C(=O)C2=C(O)C3(O)C(=O)C(C(N)=O)=C(O)[C@@H](N(C)C)C3C(O)C21. The largest absolute Gasteiger partial charge is 0.510 e. The van der Waals surface area contributed by atoms with E-state index in [1.807, 2.05) is 0 Å². The van der Waals surface area contributed by atoms with Crippen LogP contribution in [0.5, 0.6) is 5.75 Å². The summed E-state index contributed by atoms with van der Waals surface area (Å²) in [5, 5.41) is 62.4. The molecule has 5 unspecified atom stereocenters. The van der Waals surface area contributed by atoms with E-state index in [1.54, 1.807) is 6.92 Å². The minimum Gasteiger partial charge on any atom is -0.510 e. The third-order valence-corrected chi connectivity index (χ3v) is 8.77. The van der Waals surface area contributed by atoms with Gasteiger partial charge in [-0.2, -0.15) is 0 Å². The second-order valence-electron chi connectivity index (χ2n) is 11.1. The summed E-state index contributed by atoms with van der Waals surface area (Å²) < 4.78 is 0. The number of nitrogens with two attached hydrogens (primary N) is 1. The fourth-order valence-electron chi connectivity index (χ4n) is 6.85. The lowest BCUT2D eigenvalue weighted by molar-refractivity contribution is -0.162. The van der Waals surface area contributed by atoms with Gasteiger partial charge in [-0.25, -0.2) is 0 Å². The molecule has 1 heterocycles. The molecule has 4 aliphatic rings. The second kappa shape index (κ2) is 9.41. The normalized spacial score (nSPS) is 33.5. The van der Waals surface area contributed by atoms with Gasteiger partial charge < -0.3 is 41.9 Å². The van der Waals surface area contributed by atoms with Crippen molar-refractivity contribution < 1.29 is 44.7 Å². The third-order valence-electron chi connectivity index (χ3n) is 8.77. The Labute approximate surface area is 229 Å². The zero-order valence-electron chi connectivity index (χ0n) is 22.1. The molecule has 13 heteroatoms. The number of nitrogens with one attached hydrogen (secondary N) is 2. The molecule has 0 radical (unpaired) electrons. The van der Waals surface area contributed by atoms with E-state index in [1.165, 1.54) is 31.1 Å². The number of phenols is 1. The Morgan fingerprint density at radius 3 is 2.42 bits per heavy atom. The highest BCUT2D eigenvalue weighted by Crippen LogP contribution is 2.56. The van der Waals surface area contributed by atoms with Crippen molar-refractivity contribution in [3.63, 3.8) is 0 Å². The molecule has 3 aliphatic carbocycles. The van der Waals surface area contributed by atoms with Crippen LogP contribution in [-0.2, 0) is 14.4 Å². The number of nitrogens with zero attached hydrogens (tertiary/aromatic N) is 1. The lowest BCUT2D eigenvalue weighted by atomic mass is 9.55. The summed E-state index contributed by atoms with van der Waals surface area (Å²) in [7, 11) is 2.94. The molecule has 13 nitrogen and oxygen atoms in total. The number of carbonyl (C=O) groups excluding carboxylic acids is 4. The number of Topliss-reactive ketones (excluding diaryl/α,β-unsaturated/α-hetero) is 2. The molecule has 0 spiro atoms. The maximum atomic E-state index is 13.9. The molecule has 214 valence electrons. The number of aromatic hydroxyl groups is 1. The van der Waals surface area contributed by atoms with Crippen LogP contribution in [0.25, 0.3) is 0 Å². The minimum atomic E-state index is -2.99. The van der Waals surface area contributed by atoms with E-state index < -0.39 is 93.3 Å². The fourth-order valence-corrected chi connectivity index (χ4v) is 6.85. The molecule has 0 bridgehead atoms. The highest BCUT2D eigenvalue weighted by molar-refractivity contribution is 6.25. The highest BCUT2D eigenvalue weighted by atomic mass is 16.4. The van der Waals surface area contributed by atoms with Crippen LogP contribution in [0.2, 0.25) is 0 Å². The summed E-state index contributed by atoms with van der Waals surface area (Å²) in [4.78, 5) is 53.4. The fraction of sp³-hybridized carbons (Fsp3) is 0.481. The van der Waals surface area contributed by atoms with Gasteiger partial charge in [-0.1, -0.05) is 13.0 Å². The van der Waals surface area contributed by atoms with E-state index in [0.29, 0.717) is 18.5 Å². The van der Waals surface area contributed by atoms with E-state index >= 15 is 0 Å². The number of primary amides is 1. The molecule has 0 saturated carbocycles. The standard InChI is InChI=1S/C27H32N4O9/c1-9-10-6-7-11(30-26(39)12-5-4-8-29-12)19(32)14(10)20(33)15-13(9)21(34)17-18(31(2)3)22(35)16(25(28)38)24(37)27(17,40)23(15)36/h6-7,9,12-13,17-18,21,29,32,34-36,40H,4-5,8H2,1-3H3,(H2,28,38)(H,30,39)/t9?,12-,13?,17?,18+,21?,27?/m1/s1. The van der Waals surface area contributed by atoms with Crippen molar-refractivity contribution in [2.45, 2.75) is 49.5 Å². The van der Waals surface area contributed by atoms with Gasteiger partial charge in [-0.15, -0.1) is 0 Å². The molecule has 1 aliphatic heterocycles. The number of hydrogen-bond donors (Lipinski definition) is 8. The number of aliphatic hydroxyl groups is 4. The van der Waals surface area contributed by atoms with Crippen molar-refractivity contribution in [3.8, 4) is 5.75 Å². The van der Waals surface area contributed by atoms with Gasteiger partial charge in [-0.3, -0.25) is 24.1 Å². The monoisotopic (exact) mass is 556 g/mol. The predicted octanol–water partition coefficient (Wildman–Crippen LogP) is -0.657. The Bertz CT molecular complexity index is 1410. The summed E-state index contributed by atoms with van der Waals surface area (Å²) in [5.74, 6) is -10.1. The van der Waals surface area contributed by atoms with E-state index in [9.17, 15) is 44.7 Å². The Balaban J connectivity index is 1.67. The van der Waals surface area contributed by atoms with Crippen molar-refractivity contribution in [2.75, 3.05) is 26.0 Å². The maximum absolute atomic E-state index is 13.9. The maximum Gasteiger partial charge on any atom is 0.255 e. The van der Waals surface area contributed by atoms with Crippen molar-refractivity contribution in [1.82, 2.24) is 10.2 Å². The summed E-state index contributed by atoms with van der Waals surface area (Å²) in [6, 6.07) is 1.16. The van der Waals surface area contributed by atoms with E-state index in [-0.39, 0.29) is 11.3 Å². The number of aliphatic hydroxyl groups excluding tert-OH is 3. The zero-order chi connectivity index (χ0) is 29.4. The van der Waals surface area contributed by atoms with Crippen molar-refractivity contribution >= 4 is 29.1 Å². The summed E-state index contributed by atoms with van der Waals surface area (Å²) in [6.07, 6.45) is -0.262. The number of fused-ring (bicyclic) bond motifs is 3. The van der Waals surface area contributed by atoms with E-state index in [4.69, 9.17) is 5.73 Å². The summed E-state index contributed by atoms with van der Waals surface area (Å²) in [6.45, 7) is 2.31. The molecule has 7 atom stereocenters. The Kier molecular flexibility index (Phi) is 6.53. The van der Waals surface area contributed by atoms with Crippen LogP contribution in [0.1, 0.15) is 41.6 Å².